The van der Waals surface area contributed by atoms with Crippen LogP contribution in [0.25, 0.3) is 6.08 Å². The van der Waals surface area contributed by atoms with Crippen molar-refractivity contribution < 1.29 is 18.7 Å². The van der Waals surface area contributed by atoms with Gasteiger partial charge in [-0.15, -0.1) is 0 Å². The maximum absolute atomic E-state index is 14.2. The zero-order valence-electron chi connectivity index (χ0n) is 17.2. The first-order valence-corrected chi connectivity index (χ1v) is 11.4. The Morgan fingerprint density at radius 3 is 2.70 bits per heavy atom. The molecule has 2 heterocycles. The van der Waals surface area contributed by atoms with E-state index in [4.69, 9.17) is 44.3 Å². The fourth-order valence-corrected chi connectivity index (χ4v) is 4.65. The van der Waals surface area contributed by atoms with Crippen LogP contribution in [-0.4, -0.2) is 24.0 Å². The topological polar surface area (TPSA) is 38.8 Å². The molecule has 2 aliphatic rings. The number of Topliss-reactive ketones (excluding diaryl/α,β-unsaturated/α-hetero) is 1. The van der Waals surface area contributed by atoms with Crippen molar-refractivity contribution in [3.05, 3.63) is 97.4 Å². The molecular formula is C25H17Cl3FNO3. The molecule has 0 saturated carbocycles. The number of allylic oxidation sites excluding steroid dienone is 1. The number of benzene rings is 3. The summed E-state index contributed by atoms with van der Waals surface area (Å²) in [6.07, 6.45) is 2.05. The summed E-state index contributed by atoms with van der Waals surface area (Å²) in [5, 5.41) is 1.42. The Hall–Kier alpha value is -2.57. The molecule has 0 saturated heterocycles. The molecule has 4 nitrogen and oxygen atoms in total. The fraction of sp³-hybridized carbons (Fsp3) is 0.160. The molecule has 5 rings (SSSR count). The Morgan fingerprint density at radius 2 is 1.91 bits per heavy atom. The number of halogens is 4. The van der Waals surface area contributed by atoms with Crippen LogP contribution in [0.15, 0.2) is 54.3 Å². The lowest BCUT2D eigenvalue weighted by Crippen LogP contribution is -2.33. The minimum absolute atomic E-state index is 0.0236. The highest BCUT2D eigenvalue weighted by molar-refractivity contribution is 6.35. The Morgan fingerprint density at radius 1 is 1.06 bits per heavy atom. The second-order valence-corrected chi connectivity index (χ2v) is 9.06. The van der Waals surface area contributed by atoms with E-state index in [9.17, 15) is 9.18 Å². The smallest absolute Gasteiger partial charge is 0.231 e. The zero-order valence-corrected chi connectivity index (χ0v) is 19.5. The number of ether oxygens (including phenoxy) is 2. The molecule has 0 amide bonds. The summed E-state index contributed by atoms with van der Waals surface area (Å²) < 4.78 is 26.0. The van der Waals surface area contributed by atoms with Crippen LogP contribution in [0.5, 0.6) is 11.5 Å². The summed E-state index contributed by atoms with van der Waals surface area (Å²) in [6.45, 7) is 1.62. The highest BCUT2D eigenvalue weighted by atomic mass is 35.5. The summed E-state index contributed by atoms with van der Waals surface area (Å²) in [5.41, 5.74) is 2.29. The van der Waals surface area contributed by atoms with Crippen LogP contribution in [0.4, 0.5) is 4.39 Å². The normalized spacial score (nSPS) is 16.4. The van der Waals surface area contributed by atoms with E-state index in [0.29, 0.717) is 53.3 Å². The third kappa shape index (κ3) is 4.34. The first kappa shape index (κ1) is 22.2. The molecule has 33 heavy (non-hydrogen) atoms. The monoisotopic (exact) mass is 503 g/mol. The largest absolute Gasteiger partial charge is 0.478 e. The quantitative estimate of drug-likeness (QED) is 0.366. The van der Waals surface area contributed by atoms with Gasteiger partial charge in [-0.1, -0.05) is 46.9 Å². The lowest BCUT2D eigenvalue weighted by atomic mass is 10.0. The van der Waals surface area contributed by atoms with Gasteiger partial charge >= 0.3 is 0 Å². The van der Waals surface area contributed by atoms with Crippen molar-refractivity contribution in [2.24, 2.45) is 0 Å². The van der Waals surface area contributed by atoms with E-state index in [1.165, 1.54) is 18.2 Å². The minimum Gasteiger partial charge on any atom is -0.478 e. The molecule has 3 aromatic carbocycles. The van der Waals surface area contributed by atoms with Gasteiger partial charge in [0, 0.05) is 28.7 Å². The number of hydrogen-bond donors (Lipinski definition) is 0. The third-order valence-corrected chi connectivity index (χ3v) is 6.59. The van der Waals surface area contributed by atoms with Gasteiger partial charge in [-0.3, -0.25) is 9.69 Å². The van der Waals surface area contributed by atoms with E-state index in [2.05, 4.69) is 4.90 Å². The molecule has 0 radical (unpaired) electrons. The van der Waals surface area contributed by atoms with E-state index in [1.807, 2.05) is 12.1 Å². The molecule has 0 N–H and O–H groups in total. The summed E-state index contributed by atoms with van der Waals surface area (Å²) >= 11 is 18.4. The van der Waals surface area contributed by atoms with Gasteiger partial charge in [-0.05, 0) is 54.5 Å². The minimum atomic E-state index is -0.528. The SMILES string of the molecule is O=C1/C(=C/c2c(F)cccc2Cl)Oc2c1ccc1c2CN(CCc2ccc(Cl)cc2Cl)CO1. The Labute approximate surface area is 205 Å². The lowest BCUT2D eigenvalue weighted by molar-refractivity contribution is 0.0950. The predicted octanol–water partition coefficient (Wildman–Crippen LogP) is 6.80. The van der Waals surface area contributed by atoms with Gasteiger partial charge in [-0.2, -0.15) is 0 Å². The van der Waals surface area contributed by atoms with Crippen molar-refractivity contribution in [1.82, 2.24) is 4.90 Å². The highest BCUT2D eigenvalue weighted by Gasteiger charge is 2.34. The molecule has 0 aromatic heterocycles. The lowest BCUT2D eigenvalue weighted by Gasteiger charge is -2.29. The van der Waals surface area contributed by atoms with Crippen molar-refractivity contribution in [1.29, 1.82) is 0 Å². The number of rotatable bonds is 4. The molecule has 0 atom stereocenters. The molecule has 0 spiro atoms. The van der Waals surface area contributed by atoms with Crippen LogP contribution >= 0.6 is 34.8 Å². The van der Waals surface area contributed by atoms with Crippen LogP contribution in [0.3, 0.4) is 0 Å². The average Bonchev–Trinajstić information content (AvgIpc) is 3.11. The van der Waals surface area contributed by atoms with Gasteiger partial charge in [0.05, 0.1) is 16.1 Å². The first-order chi connectivity index (χ1) is 15.9. The van der Waals surface area contributed by atoms with Crippen molar-refractivity contribution in [3.63, 3.8) is 0 Å². The first-order valence-electron chi connectivity index (χ1n) is 10.2. The Balaban J connectivity index is 1.38. The number of nitrogens with zero attached hydrogens (tertiary/aromatic N) is 1. The summed E-state index contributed by atoms with van der Waals surface area (Å²) in [6, 6.07) is 13.2. The van der Waals surface area contributed by atoms with E-state index < -0.39 is 5.82 Å². The maximum Gasteiger partial charge on any atom is 0.231 e. The zero-order chi connectivity index (χ0) is 23.1. The van der Waals surface area contributed by atoms with E-state index >= 15 is 0 Å². The van der Waals surface area contributed by atoms with Crippen LogP contribution in [-0.2, 0) is 13.0 Å². The van der Waals surface area contributed by atoms with E-state index in [0.717, 1.165) is 11.1 Å². The van der Waals surface area contributed by atoms with Crippen LogP contribution in [0, 0.1) is 5.82 Å². The van der Waals surface area contributed by atoms with Gasteiger partial charge in [0.25, 0.3) is 0 Å². The number of ketones is 1. The van der Waals surface area contributed by atoms with Gasteiger partial charge < -0.3 is 9.47 Å². The molecule has 0 unspecified atom stereocenters. The Bertz CT molecular complexity index is 1290. The van der Waals surface area contributed by atoms with Crippen molar-refractivity contribution in [2.75, 3.05) is 13.3 Å². The van der Waals surface area contributed by atoms with E-state index in [-0.39, 0.29) is 22.1 Å². The van der Waals surface area contributed by atoms with Gasteiger partial charge in [0.15, 0.2) is 5.76 Å². The third-order valence-electron chi connectivity index (χ3n) is 5.67. The summed E-state index contributed by atoms with van der Waals surface area (Å²) in [7, 11) is 0. The molecule has 168 valence electrons. The van der Waals surface area contributed by atoms with Crippen LogP contribution in [0.2, 0.25) is 15.1 Å². The number of carbonyl (C=O) groups excluding carboxylic acids is 1. The number of hydrogen-bond acceptors (Lipinski definition) is 4. The van der Waals surface area contributed by atoms with Crippen LogP contribution < -0.4 is 9.47 Å². The number of carbonyl (C=O) groups is 1. The second-order valence-electron chi connectivity index (χ2n) is 7.81. The molecule has 0 fully saturated rings. The predicted molar refractivity (Wildman–Crippen MR) is 127 cm³/mol. The van der Waals surface area contributed by atoms with Gasteiger partial charge in [0.1, 0.15) is 24.0 Å². The number of fused-ring (bicyclic) bond motifs is 3. The average molecular weight is 505 g/mol. The maximum atomic E-state index is 14.2. The van der Waals surface area contributed by atoms with Crippen molar-refractivity contribution in [2.45, 2.75) is 13.0 Å². The molecule has 0 aliphatic carbocycles. The standard InChI is InChI=1S/C25H17Cl3FNO3/c26-15-5-4-14(20(28)10-15)8-9-30-12-18-22(32-13-30)7-6-16-24(31)23(33-25(16)18)11-17-19(27)2-1-3-21(17)29/h1-7,10-11H,8-9,12-13H2/b23-11-. The molecule has 3 aromatic rings. The van der Waals surface area contributed by atoms with E-state index in [1.54, 1.807) is 24.3 Å². The van der Waals surface area contributed by atoms with Gasteiger partial charge in [-0.25, -0.2) is 4.39 Å². The summed E-state index contributed by atoms with van der Waals surface area (Å²) in [4.78, 5) is 15.0. The molecule has 8 heteroatoms. The fourth-order valence-electron chi connectivity index (χ4n) is 3.93. The van der Waals surface area contributed by atoms with Crippen molar-refractivity contribution in [3.8, 4) is 11.5 Å². The summed E-state index contributed by atoms with van der Waals surface area (Å²) in [5.74, 6) is 0.269. The second kappa shape index (κ2) is 8.99. The Kier molecular flexibility index (Phi) is 6.06. The molecule has 2 aliphatic heterocycles. The molecular weight excluding hydrogens is 488 g/mol. The van der Waals surface area contributed by atoms with Gasteiger partial charge in [0.2, 0.25) is 5.78 Å². The highest BCUT2D eigenvalue weighted by Crippen LogP contribution is 2.42. The molecule has 0 bridgehead atoms. The van der Waals surface area contributed by atoms with Crippen molar-refractivity contribution >= 4 is 46.7 Å². The van der Waals surface area contributed by atoms with Crippen LogP contribution in [0.1, 0.15) is 27.0 Å².